The molecule has 1 aliphatic carbocycles. The molecular weight excluding hydrogens is 414 g/mol. The summed E-state index contributed by atoms with van der Waals surface area (Å²) in [5, 5.41) is 0. The van der Waals surface area contributed by atoms with E-state index in [1.807, 2.05) is 0 Å². The largest absolute Gasteiger partial charge is 0.469 e. The van der Waals surface area contributed by atoms with Crippen LogP contribution in [-0.4, -0.2) is 44.1 Å². The monoisotopic (exact) mass is 439 g/mol. The summed E-state index contributed by atoms with van der Waals surface area (Å²) in [7, 11) is 1.25. The van der Waals surface area contributed by atoms with Crippen molar-refractivity contribution in [2.45, 2.75) is 6.42 Å². The fourth-order valence-corrected chi connectivity index (χ4v) is 4.11. The second-order valence-corrected chi connectivity index (χ2v) is 7.63. The first-order valence-electron chi connectivity index (χ1n) is 10.2. The summed E-state index contributed by atoms with van der Waals surface area (Å²) >= 11 is 0. The van der Waals surface area contributed by atoms with Crippen molar-refractivity contribution in [1.29, 1.82) is 0 Å². The van der Waals surface area contributed by atoms with Crippen LogP contribution in [0.15, 0.2) is 60.7 Å². The molecule has 168 valence electrons. The van der Waals surface area contributed by atoms with Crippen LogP contribution in [0.3, 0.4) is 0 Å². The fourth-order valence-electron chi connectivity index (χ4n) is 4.11. The maximum Gasteiger partial charge on any atom is 0.338 e. The number of carbonyl (C=O) groups is 4. The minimum atomic E-state index is -0.733. The first-order valence-corrected chi connectivity index (χ1v) is 10.2. The highest BCUT2D eigenvalue weighted by Crippen LogP contribution is 2.43. The van der Waals surface area contributed by atoms with Crippen LogP contribution in [0.2, 0.25) is 0 Å². The van der Waals surface area contributed by atoms with Crippen LogP contribution in [0, 0.1) is 23.7 Å². The van der Waals surface area contributed by atoms with Gasteiger partial charge in [0.15, 0.2) is 0 Å². The Morgan fingerprint density at radius 3 is 1.62 bits per heavy atom. The molecule has 1 aliphatic rings. The fraction of sp³-hybridized carbons (Fsp3) is 0.333. The second-order valence-electron chi connectivity index (χ2n) is 7.63. The number of primary amides is 1. The summed E-state index contributed by atoms with van der Waals surface area (Å²) in [6.07, 6.45) is 0.128. The highest BCUT2D eigenvalue weighted by atomic mass is 16.5. The van der Waals surface area contributed by atoms with Crippen LogP contribution in [0.25, 0.3) is 0 Å². The summed E-state index contributed by atoms with van der Waals surface area (Å²) in [6, 6.07) is 16.8. The number of rotatable bonds is 8. The predicted octanol–water partition coefficient (Wildman–Crippen LogP) is 2.23. The predicted molar refractivity (Wildman–Crippen MR) is 113 cm³/mol. The number of carbonyl (C=O) groups excluding carboxylic acids is 4. The van der Waals surface area contributed by atoms with Gasteiger partial charge in [-0.3, -0.25) is 9.59 Å². The second kappa shape index (κ2) is 10.6. The molecule has 8 heteroatoms. The first-order chi connectivity index (χ1) is 15.4. The van der Waals surface area contributed by atoms with Gasteiger partial charge in [-0.15, -0.1) is 0 Å². The number of nitrogens with two attached hydrogens (primary N) is 1. The Kier molecular flexibility index (Phi) is 7.59. The number of amides is 1. The van der Waals surface area contributed by atoms with Gasteiger partial charge in [0.05, 0.1) is 37.4 Å². The maximum atomic E-state index is 12.4. The molecule has 1 amide bonds. The normalized spacial score (nSPS) is 22.0. The Morgan fingerprint density at radius 1 is 0.781 bits per heavy atom. The van der Waals surface area contributed by atoms with Crippen LogP contribution in [0.1, 0.15) is 27.1 Å². The molecular formula is C24H25NO7. The third-order valence-corrected chi connectivity index (χ3v) is 5.79. The van der Waals surface area contributed by atoms with Gasteiger partial charge < -0.3 is 19.9 Å². The molecule has 0 heterocycles. The lowest BCUT2D eigenvalue weighted by molar-refractivity contribution is -0.147. The Hall–Kier alpha value is -3.68. The van der Waals surface area contributed by atoms with Crippen LogP contribution >= 0.6 is 0 Å². The summed E-state index contributed by atoms with van der Waals surface area (Å²) in [5.74, 6) is -4.92. The van der Waals surface area contributed by atoms with Crippen molar-refractivity contribution in [1.82, 2.24) is 0 Å². The van der Waals surface area contributed by atoms with Gasteiger partial charge in [-0.05, 0) is 30.7 Å². The lowest BCUT2D eigenvalue weighted by Crippen LogP contribution is -2.35. The minimum Gasteiger partial charge on any atom is -0.469 e. The number of ether oxygens (including phenoxy) is 3. The van der Waals surface area contributed by atoms with Crippen LogP contribution < -0.4 is 5.73 Å². The number of esters is 3. The Bertz CT molecular complexity index is 961. The summed E-state index contributed by atoms with van der Waals surface area (Å²) < 4.78 is 15.8. The molecule has 0 aromatic heterocycles. The molecule has 0 saturated heterocycles. The van der Waals surface area contributed by atoms with Crippen LogP contribution in [0.4, 0.5) is 0 Å². The topological polar surface area (TPSA) is 122 Å². The van der Waals surface area contributed by atoms with E-state index in [0.29, 0.717) is 11.1 Å². The van der Waals surface area contributed by atoms with Gasteiger partial charge in [0.2, 0.25) is 5.91 Å². The van der Waals surface area contributed by atoms with Crippen molar-refractivity contribution >= 4 is 23.8 Å². The van der Waals surface area contributed by atoms with Crippen molar-refractivity contribution in [3.63, 3.8) is 0 Å². The minimum absolute atomic E-state index is 0.128. The van der Waals surface area contributed by atoms with E-state index >= 15 is 0 Å². The molecule has 1 fully saturated rings. The maximum absolute atomic E-state index is 12.4. The van der Waals surface area contributed by atoms with E-state index in [1.165, 1.54) is 7.11 Å². The first kappa shape index (κ1) is 23.0. The molecule has 32 heavy (non-hydrogen) atoms. The number of benzene rings is 2. The molecule has 2 aromatic carbocycles. The lowest BCUT2D eigenvalue weighted by atomic mass is 9.87. The average Bonchev–Trinajstić information content (AvgIpc) is 3.20. The highest BCUT2D eigenvalue weighted by Gasteiger charge is 2.50. The molecule has 0 aliphatic heterocycles. The molecule has 0 bridgehead atoms. The van der Waals surface area contributed by atoms with Gasteiger partial charge >= 0.3 is 17.9 Å². The molecule has 4 atom stereocenters. The van der Waals surface area contributed by atoms with E-state index in [4.69, 9.17) is 19.9 Å². The van der Waals surface area contributed by atoms with Gasteiger partial charge in [0, 0.05) is 17.8 Å². The van der Waals surface area contributed by atoms with Gasteiger partial charge in [0.1, 0.15) is 0 Å². The van der Waals surface area contributed by atoms with Crippen molar-refractivity contribution in [2.24, 2.45) is 29.4 Å². The zero-order valence-corrected chi connectivity index (χ0v) is 17.6. The summed E-state index contributed by atoms with van der Waals surface area (Å²) in [6.45, 7) is -0.298. The van der Waals surface area contributed by atoms with E-state index in [1.54, 1.807) is 60.7 Å². The van der Waals surface area contributed by atoms with Crippen molar-refractivity contribution in [3.8, 4) is 0 Å². The van der Waals surface area contributed by atoms with Crippen LogP contribution in [0.5, 0.6) is 0 Å². The average molecular weight is 439 g/mol. The molecule has 0 spiro atoms. The molecule has 3 rings (SSSR count). The lowest BCUT2D eigenvalue weighted by Gasteiger charge is -2.25. The molecule has 0 unspecified atom stereocenters. The van der Waals surface area contributed by atoms with E-state index in [2.05, 4.69) is 0 Å². The van der Waals surface area contributed by atoms with Gasteiger partial charge in [-0.1, -0.05) is 36.4 Å². The molecule has 2 N–H and O–H groups in total. The highest BCUT2D eigenvalue weighted by molar-refractivity contribution is 5.90. The number of hydrogen-bond donors (Lipinski definition) is 1. The van der Waals surface area contributed by atoms with E-state index in [0.717, 1.165) is 0 Å². The Labute approximate surface area is 185 Å². The van der Waals surface area contributed by atoms with Crippen molar-refractivity contribution in [3.05, 3.63) is 71.8 Å². The number of hydrogen-bond acceptors (Lipinski definition) is 7. The van der Waals surface area contributed by atoms with Gasteiger partial charge in [-0.25, -0.2) is 9.59 Å². The van der Waals surface area contributed by atoms with E-state index < -0.39 is 47.5 Å². The zero-order chi connectivity index (χ0) is 23.1. The molecule has 2 aromatic rings. The van der Waals surface area contributed by atoms with Crippen molar-refractivity contribution in [2.75, 3.05) is 20.3 Å². The van der Waals surface area contributed by atoms with Gasteiger partial charge in [-0.2, -0.15) is 0 Å². The Balaban J connectivity index is 1.77. The molecule has 8 nitrogen and oxygen atoms in total. The van der Waals surface area contributed by atoms with E-state index in [9.17, 15) is 19.2 Å². The summed E-state index contributed by atoms with van der Waals surface area (Å²) in [4.78, 5) is 49.3. The third-order valence-electron chi connectivity index (χ3n) is 5.79. The van der Waals surface area contributed by atoms with Crippen LogP contribution in [-0.2, 0) is 23.8 Å². The molecule has 1 saturated carbocycles. The smallest absolute Gasteiger partial charge is 0.338 e. The molecule has 0 radical (unpaired) electrons. The quantitative estimate of drug-likeness (QED) is 0.494. The Morgan fingerprint density at radius 2 is 1.22 bits per heavy atom. The van der Waals surface area contributed by atoms with Gasteiger partial charge in [0.25, 0.3) is 0 Å². The number of methoxy groups -OCH3 is 1. The summed E-state index contributed by atoms with van der Waals surface area (Å²) in [5.41, 5.74) is 6.30. The van der Waals surface area contributed by atoms with Crippen molar-refractivity contribution < 1.29 is 33.4 Å². The third kappa shape index (κ3) is 5.32. The van der Waals surface area contributed by atoms with E-state index in [-0.39, 0.29) is 19.6 Å². The zero-order valence-electron chi connectivity index (χ0n) is 17.6. The standard InChI is InChI=1S/C24H25NO7/c1-30-24(29)18-12-17(21(25)26)19(13-31-22(27)15-8-4-2-5-9-15)20(18)14-32-23(28)16-10-6-3-7-11-16/h2-11,17-20H,12-14H2,1H3,(H2,25,26)/t17-,18+,19-,20-/m1/s1. The SMILES string of the molecule is COC(=O)[C@H]1C[C@@H](C(N)=O)[C@@H](COC(=O)c2ccccc2)[C@@H]1COC(=O)c1ccccc1.